The van der Waals surface area contributed by atoms with Crippen molar-refractivity contribution in [3.05, 3.63) is 34.9 Å². The number of carbonyl (C=O) groups excluding carboxylic acids is 1. The normalized spacial score (nSPS) is 12.8. The lowest BCUT2D eigenvalue weighted by Gasteiger charge is -2.15. The number of benzene rings is 1. The first-order valence-electron chi connectivity index (χ1n) is 6.33. The van der Waals surface area contributed by atoms with Gasteiger partial charge in [-0.15, -0.1) is 0 Å². The Morgan fingerprint density at radius 1 is 1.29 bits per heavy atom. The molecule has 0 saturated heterocycles. The van der Waals surface area contributed by atoms with Crippen molar-refractivity contribution in [1.29, 1.82) is 0 Å². The molecule has 0 saturated carbocycles. The van der Waals surface area contributed by atoms with Crippen LogP contribution in [0.3, 0.4) is 0 Å². The van der Waals surface area contributed by atoms with Crippen LogP contribution in [0.1, 0.15) is 49.8 Å². The molecule has 1 aromatic rings. The van der Waals surface area contributed by atoms with Gasteiger partial charge in [0.05, 0.1) is 0 Å². The van der Waals surface area contributed by atoms with Crippen molar-refractivity contribution in [3.8, 4) is 0 Å². The maximum absolute atomic E-state index is 10.6. The molecular weight excluding hydrogens is 210 g/mol. The van der Waals surface area contributed by atoms with Gasteiger partial charge in [0.2, 0.25) is 0 Å². The van der Waals surface area contributed by atoms with Gasteiger partial charge in [-0.05, 0) is 34.9 Å². The zero-order chi connectivity index (χ0) is 12.8. The standard InChI is InChI=1S/C15H23NO/c1-11(2)8-13-4-5-15(12(3)6-7-17)14(9-13)10-16/h4-5,7,9,11-12H,6,8,10,16H2,1-3H3. The first kappa shape index (κ1) is 13.9. The Hall–Kier alpha value is -1.15. The van der Waals surface area contributed by atoms with Gasteiger partial charge in [-0.1, -0.05) is 39.0 Å². The topological polar surface area (TPSA) is 43.1 Å². The predicted octanol–water partition coefficient (Wildman–Crippen LogP) is 3.04. The van der Waals surface area contributed by atoms with E-state index in [1.54, 1.807) is 0 Å². The lowest BCUT2D eigenvalue weighted by Crippen LogP contribution is -2.07. The number of hydrogen-bond acceptors (Lipinski definition) is 2. The van der Waals surface area contributed by atoms with E-state index in [0.29, 0.717) is 18.9 Å². The molecule has 2 nitrogen and oxygen atoms in total. The van der Waals surface area contributed by atoms with Crippen LogP contribution in [0, 0.1) is 5.92 Å². The van der Waals surface area contributed by atoms with E-state index >= 15 is 0 Å². The second kappa shape index (κ2) is 6.55. The van der Waals surface area contributed by atoms with Crippen molar-refractivity contribution in [2.45, 2.75) is 46.1 Å². The predicted molar refractivity (Wildman–Crippen MR) is 72.0 cm³/mol. The van der Waals surface area contributed by atoms with Crippen LogP contribution < -0.4 is 5.73 Å². The number of hydrogen-bond donors (Lipinski definition) is 1. The average Bonchev–Trinajstić information content (AvgIpc) is 2.28. The zero-order valence-electron chi connectivity index (χ0n) is 11.1. The minimum Gasteiger partial charge on any atom is -0.326 e. The molecule has 0 aliphatic rings. The van der Waals surface area contributed by atoms with Gasteiger partial charge < -0.3 is 10.5 Å². The van der Waals surface area contributed by atoms with Gasteiger partial charge in [0.25, 0.3) is 0 Å². The van der Waals surface area contributed by atoms with E-state index in [1.807, 2.05) is 0 Å². The largest absolute Gasteiger partial charge is 0.326 e. The summed E-state index contributed by atoms with van der Waals surface area (Å²) in [7, 11) is 0. The second-order valence-corrected chi connectivity index (χ2v) is 5.14. The Balaban J connectivity index is 2.96. The molecule has 0 amide bonds. The summed E-state index contributed by atoms with van der Waals surface area (Å²) in [6.07, 6.45) is 2.62. The highest BCUT2D eigenvalue weighted by Gasteiger charge is 2.10. The molecule has 0 aliphatic heterocycles. The van der Waals surface area contributed by atoms with E-state index in [1.165, 1.54) is 16.7 Å². The third-order valence-electron chi connectivity index (χ3n) is 3.05. The molecule has 1 rings (SSSR count). The SMILES string of the molecule is CC(C)Cc1ccc(C(C)CC=O)c(CN)c1. The molecular formula is C15H23NO. The minimum atomic E-state index is 0.263. The number of aldehydes is 1. The highest BCUT2D eigenvalue weighted by atomic mass is 16.1. The van der Waals surface area contributed by atoms with Crippen molar-refractivity contribution in [2.75, 3.05) is 0 Å². The summed E-state index contributed by atoms with van der Waals surface area (Å²) in [6, 6.07) is 6.49. The molecule has 1 unspecified atom stereocenters. The summed E-state index contributed by atoms with van der Waals surface area (Å²) in [4.78, 5) is 10.6. The Labute approximate surface area is 104 Å². The molecule has 0 heterocycles. The molecule has 1 aromatic carbocycles. The highest BCUT2D eigenvalue weighted by molar-refractivity contribution is 5.52. The van der Waals surface area contributed by atoms with Crippen LogP contribution in [0.15, 0.2) is 18.2 Å². The maximum Gasteiger partial charge on any atom is 0.120 e. The first-order valence-corrected chi connectivity index (χ1v) is 6.33. The molecule has 94 valence electrons. The molecule has 0 bridgehead atoms. The minimum absolute atomic E-state index is 0.263. The summed E-state index contributed by atoms with van der Waals surface area (Å²) in [5, 5.41) is 0. The molecule has 0 aliphatic carbocycles. The van der Waals surface area contributed by atoms with Crippen LogP contribution in [-0.4, -0.2) is 6.29 Å². The number of nitrogens with two attached hydrogens (primary N) is 1. The van der Waals surface area contributed by atoms with Crippen molar-refractivity contribution >= 4 is 6.29 Å². The lowest BCUT2D eigenvalue weighted by atomic mass is 9.90. The Morgan fingerprint density at radius 2 is 2.00 bits per heavy atom. The van der Waals surface area contributed by atoms with Crippen molar-refractivity contribution in [2.24, 2.45) is 11.7 Å². The molecule has 0 spiro atoms. The molecule has 0 radical (unpaired) electrons. The molecule has 1 atom stereocenters. The van der Waals surface area contributed by atoms with Crippen LogP contribution in [0.4, 0.5) is 0 Å². The maximum atomic E-state index is 10.6. The van der Waals surface area contributed by atoms with E-state index in [2.05, 4.69) is 39.0 Å². The summed E-state index contributed by atoms with van der Waals surface area (Å²) >= 11 is 0. The molecule has 0 aromatic heterocycles. The molecule has 2 N–H and O–H groups in total. The van der Waals surface area contributed by atoms with E-state index in [9.17, 15) is 4.79 Å². The summed E-state index contributed by atoms with van der Waals surface area (Å²) < 4.78 is 0. The van der Waals surface area contributed by atoms with Gasteiger partial charge in [-0.3, -0.25) is 0 Å². The summed E-state index contributed by atoms with van der Waals surface area (Å²) in [5.41, 5.74) is 9.52. The zero-order valence-corrected chi connectivity index (χ0v) is 11.1. The fourth-order valence-electron chi connectivity index (χ4n) is 2.19. The lowest BCUT2D eigenvalue weighted by molar-refractivity contribution is -0.108. The average molecular weight is 233 g/mol. The monoisotopic (exact) mass is 233 g/mol. The van der Waals surface area contributed by atoms with Crippen molar-refractivity contribution in [1.82, 2.24) is 0 Å². The van der Waals surface area contributed by atoms with Crippen LogP contribution in [0.2, 0.25) is 0 Å². The quantitative estimate of drug-likeness (QED) is 0.767. The first-order chi connectivity index (χ1) is 8.08. The van der Waals surface area contributed by atoms with Crippen molar-refractivity contribution in [3.63, 3.8) is 0 Å². The van der Waals surface area contributed by atoms with Gasteiger partial charge in [-0.2, -0.15) is 0 Å². The van der Waals surface area contributed by atoms with Gasteiger partial charge in [0.1, 0.15) is 6.29 Å². The van der Waals surface area contributed by atoms with E-state index in [-0.39, 0.29) is 5.92 Å². The van der Waals surface area contributed by atoms with Gasteiger partial charge >= 0.3 is 0 Å². The smallest absolute Gasteiger partial charge is 0.120 e. The Morgan fingerprint density at radius 3 is 2.53 bits per heavy atom. The molecule has 17 heavy (non-hydrogen) atoms. The second-order valence-electron chi connectivity index (χ2n) is 5.14. The third kappa shape index (κ3) is 3.97. The fourth-order valence-corrected chi connectivity index (χ4v) is 2.19. The van der Waals surface area contributed by atoms with Crippen LogP contribution in [0.25, 0.3) is 0 Å². The van der Waals surface area contributed by atoms with E-state index < -0.39 is 0 Å². The van der Waals surface area contributed by atoms with E-state index in [0.717, 1.165) is 12.7 Å². The van der Waals surface area contributed by atoms with Gasteiger partial charge in [-0.25, -0.2) is 0 Å². The number of rotatable bonds is 6. The van der Waals surface area contributed by atoms with Crippen LogP contribution >= 0.6 is 0 Å². The van der Waals surface area contributed by atoms with E-state index in [4.69, 9.17) is 5.73 Å². The van der Waals surface area contributed by atoms with Gasteiger partial charge in [0, 0.05) is 13.0 Å². The molecule has 0 fully saturated rings. The fraction of sp³-hybridized carbons (Fsp3) is 0.533. The van der Waals surface area contributed by atoms with Crippen LogP contribution in [-0.2, 0) is 17.8 Å². The Kier molecular flexibility index (Phi) is 5.36. The Bertz CT molecular complexity index is 371. The highest BCUT2D eigenvalue weighted by Crippen LogP contribution is 2.24. The van der Waals surface area contributed by atoms with Crippen LogP contribution in [0.5, 0.6) is 0 Å². The number of carbonyl (C=O) groups is 1. The third-order valence-corrected chi connectivity index (χ3v) is 3.05. The summed E-state index contributed by atoms with van der Waals surface area (Å²) in [5.74, 6) is 0.915. The van der Waals surface area contributed by atoms with Crippen molar-refractivity contribution < 1.29 is 4.79 Å². The van der Waals surface area contributed by atoms with Gasteiger partial charge in [0.15, 0.2) is 0 Å². The molecule has 2 heteroatoms. The summed E-state index contributed by atoms with van der Waals surface area (Å²) in [6.45, 7) is 7.05.